The molecule has 0 radical (unpaired) electrons. The van der Waals surface area contributed by atoms with Gasteiger partial charge < -0.3 is 4.98 Å². The molecule has 1 N–H and O–H groups in total. The van der Waals surface area contributed by atoms with E-state index in [4.69, 9.17) is 11.6 Å². The molecule has 0 spiro atoms. The van der Waals surface area contributed by atoms with E-state index < -0.39 is 0 Å². The molecular weight excluding hydrogens is 294 g/mol. The van der Waals surface area contributed by atoms with Crippen LogP contribution in [0.3, 0.4) is 0 Å². The Labute approximate surface area is 132 Å². The van der Waals surface area contributed by atoms with Gasteiger partial charge in [0.1, 0.15) is 11.3 Å². The molecule has 22 heavy (non-hydrogen) atoms. The van der Waals surface area contributed by atoms with E-state index in [-0.39, 0.29) is 0 Å². The van der Waals surface area contributed by atoms with Gasteiger partial charge in [0, 0.05) is 11.1 Å². The summed E-state index contributed by atoms with van der Waals surface area (Å²) < 4.78 is 0. The molecule has 2 aromatic carbocycles. The summed E-state index contributed by atoms with van der Waals surface area (Å²) in [5.74, 6) is 0.773. The predicted molar refractivity (Wildman–Crippen MR) is 89.8 cm³/mol. The van der Waals surface area contributed by atoms with Crippen molar-refractivity contribution in [3.8, 4) is 22.6 Å². The number of pyridine rings is 1. The molecule has 0 atom stereocenters. The molecule has 0 fully saturated rings. The number of hydrogen-bond donors (Lipinski definition) is 1. The monoisotopic (exact) mass is 305 g/mol. The normalized spacial score (nSPS) is 11.0. The van der Waals surface area contributed by atoms with Crippen LogP contribution in [0.2, 0.25) is 5.02 Å². The zero-order valence-electron chi connectivity index (χ0n) is 11.6. The Morgan fingerprint density at radius 1 is 0.773 bits per heavy atom. The first-order valence-corrected chi connectivity index (χ1v) is 7.36. The summed E-state index contributed by atoms with van der Waals surface area (Å²) in [5, 5.41) is 0.624. The summed E-state index contributed by atoms with van der Waals surface area (Å²) in [6, 6.07) is 21.8. The number of H-pyrrole nitrogens is 1. The Kier molecular flexibility index (Phi) is 3.13. The smallest absolute Gasteiger partial charge is 0.180 e. The van der Waals surface area contributed by atoms with Crippen LogP contribution in [0.1, 0.15) is 0 Å². The van der Waals surface area contributed by atoms with Gasteiger partial charge in [-0.05, 0) is 6.07 Å². The lowest BCUT2D eigenvalue weighted by Gasteiger charge is -2.01. The minimum atomic E-state index is 0.624. The standard InChI is InChI=1S/C18H12ClN3/c19-14-11-15(12-7-3-1-4-8-12)20-18-16(14)21-17(22-18)13-9-5-2-6-10-13/h1-11H,(H,20,21,22). The van der Waals surface area contributed by atoms with E-state index in [0.717, 1.165) is 28.2 Å². The molecule has 106 valence electrons. The van der Waals surface area contributed by atoms with Gasteiger partial charge in [-0.15, -0.1) is 0 Å². The average Bonchev–Trinajstić information content (AvgIpc) is 3.01. The first kappa shape index (κ1) is 13.0. The summed E-state index contributed by atoms with van der Waals surface area (Å²) in [7, 11) is 0. The van der Waals surface area contributed by atoms with Crippen molar-refractivity contribution in [3.05, 3.63) is 71.8 Å². The molecule has 0 saturated heterocycles. The Balaban J connectivity index is 1.88. The predicted octanol–water partition coefficient (Wildman–Crippen LogP) is 4.95. The third kappa shape index (κ3) is 2.26. The van der Waals surface area contributed by atoms with Crippen LogP contribution < -0.4 is 0 Å². The number of fused-ring (bicyclic) bond motifs is 1. The van der Waals surface area contributed by atoms with E-state index >= 15 is 0 Å². The maximum Gasteiger partial charge on any atom is 0.180 e. The molecule has 0 amide bonds. The maximum absolute atomic E-state index is 6.40. The quantitative estimate of drug-likeness (QED) is 0.569. The van der Waals surface area contributed by atoms with Crippen LogP contribution in [0.5, 0.6) is 0 Å². The summed E-state index contributed by atoms with van der Waals surface area (Å²) in [6.45, 7) is 0. The number of benzene rings is 2. The van der Waals surface area contributed by atoms with Gasteiger partial charge >= 0.3 is 0 Å². The van der Waals surface area contributed by atoms with Gasteiger partial charge in [0.15, 0.2) is 5.65 Å². The minimum absolute atomic E-state index is 0.624. The number of nitrogens with one attached hydrogen (secondary N) is 1. The zero-order valence-corrected chi connectivity index (χ0v) is 12.4. The second-order valence-electron chi connectivity index (χ2n) is 5.01. The van der Waals surface area contributed by atoms with Crippen LogP contribution in [0.4, 0.5) is 0 Å². The van der Waals surface area contributed by atoms with E-state index in [1.54, 1.807) is 0 Å². The summed E-state index contributed by atoms with van der Waals surface area (Å²) in [6.07, 6.45) is 0. The maximum atomic E-state index is 6.40. The molecule has 4 heteroatoms. The lowest BCUT2D eigenvalue weighted by atomic mass is 10.1. The summed E-state index contributed by atoms with van der Waals surface area (Å²) in [4.78, 5) is 12.5. The molecule has 0 unspecified atom stereocenters. The Morgan fingerprint density at radius 2 is 1.41 bits per heavy atom. The molecular formula is C18H12ClN3. The van der Waals surface area contributed by atoms with Crippen molar-refractivity contribution < 1.29 is 0 Å². The molecule has 0 aliphatic carbocycles. The third-order valence-corrected chi connectivity index (χ3v) is 3.83. The van der Waals surface area contributed by atoms with Gasteiger partial charge in [0.25, 0.3) is 0 Å². The van der Waals surface area contributed by atoms with Crippen LogP contribution in [0.15, 0.2) is 66.7 Å². The van der Waals surface area contributed by atoms with Crippen LogP contribution in [-0.4, -0.2) is 15.0 Å². The highest BCUT2D eigenvalue weighted by Crippen LogP contribution is 2.28. The molecule has 2 heterocycles. The second-order valence-corrected chi connectivity index (χ2v) is 5.41. The van der Waals surface area contributed by atoms with Crippen LogP contribution >= 0.6 is 11.6 Å². The number of hydrogen-bond acceptors (Lipinski definition) is 2. The molecule has 4 aromatic rings. The number of nitrogens with zero attached hydrogens (tertiary/aromatic N) is 2. The van der Waals surface area contributed by atoms with E-state index in [9.17, 15) is 0 Å². The fraction of sp³-hybridized carbons (Fsp3) is 0. The minimum Gasteiger partial charge on any atom is -0.335 e. The van der Waals surface area contributed by atoms with Crippen molar-refractivity contribution >= 4 is 22.8 Å². The average molecular weight is 306 g/mol. The molecule has 0 aliphatic rings. The molecule has 2 aromatic heterocycles. The van der Waals surface area contributed by atoms with Crippen molar-refractivity contribution in [1.29, 1.82) is 0 Å². The number of aromatic nitrogens is 3. The zero-order chi connectivity index (χ0) is 14.9. The molecule has 0 bridgehead atoms. The summed E-state index contributed by atoms with van der Waals surface area (Å²) >= 11 is 6.40. The van der Waals surface area contributed by atoms with E-state index in [1.807, 2.05) is 66.7 Å². The SMILES string of the molecule is Clc1cc(-c2ccccc2)nc2nc(-c3ccccc3)[nH]c12. The van der Waals surface area contributed by atoms with Crippen molar-refractivity contribution in [2.24, 2.45) is 0 Å². The van der Waals surface area contributed by atoms with Gasteiger partial charge in [-0.3, -0.25) is 0 Å². The number of halogens is 1. The highest BCUT2D eigenvalue weighted by Gasteiger charge is 2.11. The van der Waals surface area contributed by atoms with Crippen molar-refractivity contribution in [1.82, 2.24) is 15.0 Å². The first-order chi connectivity index (χ1) is 10.8. The number of imidazole rings is 1. The van der Waals surface area contributed by atoms with Gasteiger partial charge in [-0.1, -0.05) is 72.3 Å². The highest BCUT2D eigenvalue weighted by atomic mass is 35.5. The van der Waals surface area contributed by atoms with E-state index in [2.05, 4.69) is 15.0 Å². The van der Waals surface area contributed by atoms with E-state index in [1.165, 1.54) is 0 Å². The largest absolute Gasteiger partial charge is 0.335 e. The number of aromatic amines is 1. The molecule has 4 rings (SSSR count). The highest BCUT2D eigenvalue weighted by molar-refractivity contribution is 6.35. The van der Waals surface area contributed by atoms with Gasteiger partial charge in [0.2, 0.25) is 0 Å². The van der Waals surface area contributed by atoms with Crippen molar-refractivity contribution in [3.63, 3.8) is 0 Å². The second kappa shape index (κ2) is 5.28. The fourth-order valence-electron chi connectivity index (χ4n) is 2.44. The lowest BCUT2D eigenvalue weighted by molar-refractivity contribution is 1.30. The molecule has 0 aliphatic heterocycles. The van der Waals surface area contributed by atoms with Gasteiger partial charge in [-0.2, -0.15) is 0 Å². The Hall–Kier alpha value is -2.65. The van der Waals surface area contributed by atoms with E-state index in [0.29, 0.717) is 10.7 Å². The van der Waals surface area contributed by atoms with Crippen molar-refractivity contribution in [2.45, 2.75) is 0 Å². The molecule has 3 nitrogen and oxygen atoms in total. The summed E-state index contributed by atoms with van der Waals surface area (Å²) in [5.41, 5.74) is 4.25. The lowest BCUT2D eigenvalue weighted by Crippen LogP contribution is -1.85. The Morgan fingerprint density at radius 3 is 2.09 bits per heavy atom. The van der Waals surface area contributed by atoms with Gasteiger partial charge in [-0.25, -0.2) is 9.97 Å². The number of rotatable bonds is 2. The van der Waals surface area contributed by atoms with Crippen LogP contribution in [0.25, 0.3) is 33.8 Å². The molecule has 0 saturated carbocycles. The fourth-order valence-corrected chi connectivity index (χ4v) is 2.67. The topological polar surface area (TPSA) is 41.6 Å². The third-order valence-electron chi connectivity index (χ3n) is 3.53. The first-order valence-electron chi connectivity index (χ1n) is 6.98. The van der Waals surface area contributed by atoms with Gasteiger partial charge in [0.05, 0.1) is 10.7 Å². The van der Waals surface area contributed by atoms with Crippen LogP contribution in [-0.2, 0) is 0 Å². The van der Waals surface area contributed by atoms with Crippen molar-refractivity contribution in [2.75, 3.05) is 0 Å². The van der Waals surface area contributed by atoms with Crippen LogP contribution in [0, 0.1) is 0 Å². The Bertz CT molecular complexity index is 931.